The first-order chi connectivity index (χ1) is 20.6. The second-order valence-corrected chi connectivity index (χ2v) is 14.2. The van der Waals surface area contributed by atoms with Gasteiger partial charge in [0.1, 0.15) is 18.3 Å². The highest BCUT2D eigenvalue weighted by atomic mass is 32.2. The minimum Gasteiger partial charge on any atom is -0.380 e. The standard InChI is InChI=1S/C34H52N2O6S/c1-6-7-8-9-10-11-12-13-14-15-24-39-33-32-31(41-34(4,5)42-32)30(40-33)26(3)35-27-18-20-28(21-19-27)36-43(37,38)29-22-16-25(2)17-23-29/h16-23,26,30-33,35-36H,6-15,24H2,1-5H3/t26?,30-,31-,32-,33-/m1/s1. The average Bonchev–Trinajstić information content (AvgIpc) is 3.45. The second kappa shape index (κ2) is 15.7. The predicted octanol–water partition coefficient (Wildman–Crippen LogP) is 7.78. The lowest BCUT2D eigenvalue weighted by atomic mass is 10.0. The Labute approximate surface area is 259 Å². The first-order valence-corrected chi connectivity index (χ1v) is 17.6. The molecule has 0 bridgehead atoms. The molecule has 0 saturated carbocycles. The van der Waals surface area contributed by atoms with Crippen LogP contribution in [0.3, 0.4) is 0 Å². The van der Waals surface area contributed by atoms with E-state index in [-0.39, 0.29) is 29.2 Å². The SMILES string of the molecule is CCCCCCCCCCCCO[C@@H]1O[C@H](C(C)Nc2ccc(NS(=O)(=O)c3ccc(C)cc3)cc2)[C@H]2OC(C)(C)O[C@@H]12. The maximum Gasteiger partial charge on any atom is 0.261 e. The molecule has 2 saturated heterocycles. The largest absolute Gasteiger partial charge is 0.380 e. The van der Waals surface area contributed by atoms with Crippen LogP contribution in [-0.4, -0.2) is 51.5 Å². The third kappa shape index (κ3) is 9.91. The summed E-state index contributed by atoms with van der Waals surface area (Å²) in [6.07, 6.45) is 11.5. The molecule has 2 aromatic rings. The van der Waals surface area contributed by atoms with E-state index in [1.807, 2.05) is 32.9 Å². The van der Waals surface area contributed by atoms with Crippen molar-refractivity contribution in [1.82, 2.24) is 0 Å². The van der Waals surface area contributed by atoms with Crippen molar-refractivity contribution in [2.24, 2.45) is 0 Å². The van der Waals surface area contributed by atoms with E-state index in [2.05, 4.69) is 23.9 Å². The third-order valence-electron chi connectivity index (χ3n) is 8.18. The van der Waals surface area contributed by atoms with E-state index in [0.717, 1.165) is 24.1 Å². The Kier molecular flexibility index (Phi) is 12.3. The number of nitrogens with one attached hydrogen (secondary N) is 2. The van der Waals surface area contributed by atoms with Gasteiger partial charge in [-0.3, -0.25) is 4.72 Å². The van der Waals surface area contributed by atoms with Crippen molar-refractivity contribution in [3.63, 3.8) is 0 Å². The molecule has 2 aliphatic rings. The minimum atomic E-state index is -3.66. The molecule has 43 heavy (non-hydrogen) atoms. The van der Waals surface area contributed by atoms with Crippen LogP contribution in [0.1, 0.15) is 97.5 Å². The van der Waals surface area contributed by atoms with Crippen LogP contribution >= 0.6 is 0 Å². The highest BCUT2D eigenvalue weighted by Crippen LogP contribution is 2.40. The van der Waals surface area contributed by atoms with E-state index in [0.29, 0.717) is 12.3 Å². The van der Waals surface area contributed by atoms with Crippen LogP contribution in [0.25, 0.3) is 0 Å². The van der Waals surface area contributed by atoms with Gasteiger partial charge in [0.25, 0.3) is 10.0 Å². The molecular formula is C34H52N2O6S. The number of aryl methyl sites for hydroxylation is 1. The highest BCUT2D eigenvalue weighted by molar-refractivity contribution is 7.92. The molecule has 0 amide bonds. The fourth-order valence-electron chi connectivity index (χ4n) is 5.83. The van der Waals surface area contributed by atoms with Gasteiger partial charge in [0.15, 0.2) is 12.1 Å². The molecule has 8 nitrogen and oxygen atoms in total. The molecule has 0 aliphatic carbocycles. The number of sulfonamides is 1. The van der Waals surface area contributed by atoms with Crippen molar-refractivity contribution < 1.29 is 27.4 Å². The van der Waals surface area contributed by atoms with Crippen molar-refractivity contribution in [2.75, 3.05) is 16.6 Å². The lowest BCUT2D eigenvalue weighted by molar-refractivity contribution is -0.234. The van der Waals surface area contributed by atoms with E-state index >= 15 is 0 Å². The Hall–Kier alpha value is -2.17. The third-order valence-corrected chi connectivity index (χ3v) is 9.58. The number of unbranched alkanes of at least 4 members (excludes halogenated alkanes) is 9. The molecule has 9 heteroatoms. The minimum absolute atomic E-state index is 0.106. The monoisotopic (exact) mass is 616 g/mol. The maximum absolute atomic E-state index is 12.8. The number of anilines is 2. The van der Waals surface area contributed by atoms with E-state index in [4.69, 9.17) is 18.9 Å². The summed E-state index contributed by atoms with van der Waals surface area (Å²) in [5.41, 5.74) is 2.34. The van der Waals surface area contributed by atoms with Gasteiger partial charge in [0, 0.05) is 18.0 Å². The molecule has 240 valence electrons. The zero-order chi connectivity index (χ0) is 30.9. The summed E-state index contributed by atoms with van der Waals surface area (Å²) in [4.78, 5) is 0.230. The molecule has 2 fully saturated rings. The van der Waals surface area contributed by atoms with E-state index in [9.17, 15) is 8.42 Å². The number of ether oxygens (including phenoxy) is 4. The molecule has 1 unspecified atom stereocenters. The van der Waals surface area contributed by atoms with Gasteiger partial charge in [0.2, 0.25) is 0 Å². The first kappa shape index (κ1) is 33.7. The molecule has 2 aromatic carbocycles. The summed E-state index contributed by atoms with van der Waals surface area (Å²) in [7, 11) is -3.66. The van der Waals surface area contributed by atoms with Crippen LogP contribution in [0.15, 0.2) is 53.4 Å². The molecule has 5 atom stereocenters. The molecular weight excluding hydrogens is 564 g/mol. The van der Waals surface area contributed by atoms with Crippen molar-refractivity contribution in [3.8, 4) is 0 Å². The molecule has 0 spiro atoms. The fourth-order valence-corrected chi connectivity index (χ4v) is 6.89. The van der Waals surface area contributed by atoms with Crippen molar-refractivity contribution in [2.45, 2.75) is 140 Å². The number of hydrogen-bond acceptors (Lipinski definition) is 7. The van der Waals surface area contributed by atoms with Crippen LogP contribution in [0.2, 0.25) is 0 Å². The number of benzene rings is 2. The molecule has 2 N–H and O–H groups in total. The van der Waals surface area contributed by atoms with Crippen LogP contribution in [0.4, 0.5) is 11.4 Å². The van der Waals surface area contributed by atoms with Crippen LogP contribution in [-0.2, 0) is 29.0 Å². The summed E-state index contributed by atoms with van der Waals surface area (Å²) >= 11 is 0. The Morgan fingerprint density at radius 3 is 2.00 bits per heavy atom. The zero-order valence-corrected chi connectivity index (χ0v) is 27.5. The van der Waals surface area contributed by atoms with Crippen molar-refractivity contribution >= 4 is 21.4 Å². The topological polar surface area (TPSA) is 95.1 Å². The summed E-state index contributed by atoms with van der Waals surface area (Å²) in [6.45, 7) is 10.7. The van der Waals surface area contributed by atoms with Gasteiger partial charge in [0.05, 0.1) is 10.9 Å². The van der Waals surface area contributed by atoms with Crippen molar-refractivity contribution in [1.29, 1.82) is 0 Å². The highest BCUT2D eigenvalue weighted by Gasteiger charge is 2.57. The Bertz CT molecular complexity index is 1220. The van der Waals surface area contributed by atoms with Crippen molar-refractivity contribution in [3.05, 3.63) is 54.1 Å². The Morgan fingerprint density at radius 2 is 1.37 bits per heavy atom. The average molecular weight is 617 g/mol. The lowest BCUT2D eigenvalue weighted by Gasteiger charge is -2.28. The van der Waals surface area contributed by atoms with E-state index < -0.39 is 22.1 Å². The van der Waals surface area contributed by atoms with Crippen LogP contribution < -0.4 is 10.0 Å². The lowest BCUT2D eigenvalue weighted by Crippen LogP contribution is -2.41. The van der Waals surface area contributed by atoms with E-state index in [1.54, 1.807) is 36.4 Å². The van der Waals surface area contributed by atoms with Gasteiger partial charge in [-0.15, -0.1) is 0 Å². The molecule has 0 radical (unpaired) electrons. The van der Waals surface area contributed by atoms with Gasteiger partial charge < -0.3 is 24.3 Å². The second-order valence-electron chi connectivity index (χ2n) is 12.5. The summed E-state index contributed by atoms with van der Waals surface area (Å²) < 4.78 is 53.2. The van der Waals surface area contributed by atoms with E-state index in [1.165, 1.54) is 51.4 Å². The molecule has 0 aromatic heterocycles. The number of hydrogen-bond donors (Lipinski definition) is 2. The van der Waals surface area contributed by atoms with Gasteiger partial charge >= 0.3 is 0 Å². The van der Waals surface area contributed by atoms with Gasteiger partial charge in [-0.05, 0) is 70.5 Å². The fraction of sp³-hybridized carbons (Fsp3) is 0.647. The molecule has 2 heterocycles. The Morgan fingerprint density at radius 1 is 0.814 bits per heavy atom. The summed E-state index contributed by atoms with van der Waals surface area (Å²) in [6, 6.07) is 13.9. The molecule has 4 rings (SSSR count). The maximum atomic E-state index is 12.8. The predicted molar refractivity (Wildman–Crippen MR) is 172 cm³/mol. The summed E-state index contributed by atoms with van der Waals surface area (Å²) in [5, 5.41) is 3.49. The Balaban J connectivity index is 1.24. The van der Waals surface area contributed by atoms with Gasteiger partial charge in [-0.1, -0.05) is 82.4 Å². The zero-order valence-electron chi connectivity index (χ0n) is 26.6. The quantitative estimate of drug-likeness (QED) is 0.165. The first-order valence-electron chi connectivity index (χ1n) is 16.2. The van der Waals surface area contributed by atoms with Crippen LogP contribution in [0, 0.1) is 6.92 Å². The number of fused-ring (bicyclic) bond motifs is 1. The van der Waals surface area contributed by atoms with Gasteiger partial charge in [-0.25, -0.2) is 8.42 Å². The smallest absolute Gasteiger partial charge is 0.261 e. The number of rotatable bonds is 18. The van der Waals surface area contributed by atoms with Crippen LogP contribution in [0.5, 0.6) is 0 Å². The molecule has 2 aliphatic heterocycles. The summed E-state index contributed by atoms with van der Waals surface area (Å²) in [5.74, 6) is -0.702. The normalized spacial score (nSPS) is 23.7. The van der Waals surface area contributed by atoms with Gasteiger partial charge in [-0.2, -0.15) is 0 Å².